The van der Waals surface area contributed by atoms with Gasteiger partial charge in [-0.3, -0.25) is 4.79 Å². The molecule has 2 rings (SSSR count). The van der Waals surface area contributed by atoms with Crippen LogP contribution in [0.4, 0.5) is 5.69 Å². The summed E-state index contributed by atoms with van der Waals surface area (Å²) in [5, 5.41) is 5.46. The molecule has 1 heterocycles. The van der Waals surface area contributed by atoms with E-state index in [0.29, 0.717) is 11.6 Å². The maximum Gasteiger partial charge on any atom is 0.275 e. The Morgan fingerprint density at radius 2 is 2.11 bits per heavy atom. The fraction of sp³-hybridized carbons (Fsp3) is 0.231. The first-order valence-electron chi connectivity index (χ1n) is 5.57. The van der Waals surface area contributed by atoms with Crippen LogP contribution >= 0.6 is 22.9 Å². The number of carbonyl (C=O) groups excluding carboxylic acids is 1. The summed E-state index contributed by atoms with van der Waals surface area (Å²) in [7, 11) is 0. The van der Waals surface area contributed by atoms with E-state index in [1.807, 2.05) is 31.2 Å². The van der Waals surface area contributed by atoms with Crippen molar-refractivity contribution in [1.29, 1.82) is 0 Å². The number of rotatable bonds is 4. The number of anilines is 1. The Morgan fingerprint density at radius 1 is 1.39 bits per heavy atom. The van der Waals surface area contributed by atoms with Crippen molar-refractivity contribution in [2.24, 2.45) is 0 Å². The Morgan fingerprint density at radius 3 is 2.67 bits per heavy atom. The van der Waals surface area contributed by atoms with E-state index in [1.165, 1.54) is 11.3 Å². The summed E-state index contributed by atoms with van der Waals surface area (Å²) in [6, 6.07) is 7.67. The summed E-state index contributed by atoms with van der Waals surface area (Å²) in [6.07, 6.45) is 0.834. The molecule has 1 aromatic heterocycles. The molecule has 0 aliphatic carbocycles. The third-order valence-corrected chi connectivity index (χ3v) is 3.41. The molecular formula is C13H13ClN2OS. The van der Waals surface area contributed by atoms with Crippen molar-refractivity contribution in [1.82, 2.24) is 4.98 Å². The Balaban J connectivity index is 2.03. The van der Waals surface area contributed by atoms with Gasteiger partial charge in [0.15, 0.2) is 0 Å². The minimum absolute atomic E-state index is 0.176. The molecular weight excluding hydrogens is 268 g/mol. The maximum absolute atomic E-state index is 11.8. The van der Waals surface area contributed by atoms with Crippen molar-refractivity contribution in [2.45, 2.75) is 13.3 Å². The average molecular weight is 281 g/mol. The highest BCUT2D eigenvalue weighted by molar-refractivity contribution is 7.09. The number of carbonyl (C=O) groups is 1. The lowest BCUT2D eigenvalue weighted by Crippen LogP contribution is -2.12. The molecule has 0 saturated carbocycles. The summed E-state index contributed by atoms with van der Waals surface area (Å²) >= 11 is 7.13. The molecule has 2 aromatic rings. The van der Waals surface area contributed by atoms with Gasteiger partial charge in [0.05, 0.1) is 5.01 Å². The van der Waals surface area contributed by atoms with Crippen LogP contribution in [0, 0.1) is 6.92 Å². The monoisotopic (exact) mass is 280 g/mol. The summed E-state index contributed by atoms with van der Waals surface area (Å²) in [4.78, 5) is 16.0. The zero-order chi connectivity index (χ0) is 13.0. The third-order valence-electron chi connectivity index (χ3n) is 2.45. The van der Waals surface area contributed by atoms with Crippen LogP contribution < -0.4 is 5.32 Å². The number of aromatic nitrogens is 1. The zero-order valence-corrected chi connectivity index (χ0v) is 11.5. The predicted molar refractivity (Wildman–Crippen MR) is 75.7 cm³/mol. The average Bonchev–Trinajstić information content (AvgIpc) is 2.79. The van der Waals surface area contributed by atoms with Gasteiger partial charge in [0.2, 0.25) is 0 Å². The zero-order valence-electron chi connectivity index (χ0n) is 9.94. The largest absolute Gasteiger partial charge is 0.321 e. The third kappa shape index (κ3) is 3.31. The molecule has 0 radical (unpaired) electrons. The number of benzene rings is 1. The number of aryl methyl sites for hydroxylation is 2. The van der Waals surface area contributed by atoms with Gasteiger partial charge < -0.3 is 5.32 Å². The fourth-order valence-electron chi connectivity index (χ4n) is 1.53. The molecule has 0 aliphatic rings. The van der Waals surface area contributed by atoms with Crippen molar-refractivity contribution in [3.05, 3.63) is 45.9 Å². The summed E-state index contributed by atoms with van der Waals surface area (Å²) < 4.78 is 0. The lowest BCUT2D eigenvalue weighted by molar-refractivity contribution is 0.102. The van der Waals surface area contributed by atoms with Gasteiger partial charge in [0.1, 0.15) is 5.69 Å². The number of nitrogens with zero attached hydrogens (tertiary/aromatic N) is 1. The molecule has 0 fully saturated rings. The van der Waals surface area contributed by atoms with Crippen molar-refractivity contribution >= 4 is 34.5 Å². The predicted octanol–water partition coefficient (Wildman–Crippen LogP) is 3.49. The van der Waals surface area contributed by atoms with Gasteiger partial charge in [-0.2, -0.15) is 0 Å². The van der Waals surface area contributed by atoms with E-state index < -0.39 is 0 Å². The van der Waals surface area contributed by atoms with Crippen molar-refractivity contribution in [3.8, 4) is 0 Å². The van der Waals surface area contributed by atoms with E-state index in [2.05, 4.69) is 10.3 Å². The van der Waals surface area contributed by atoms with E-state index in [4.69, 9.17) is 11.6 Å². The molecule has 0 aliphatic heterocycles. The van der Waals surface area contributed by atoms with Crippen LogP contribution in [0.15, 0.2) is 29.6 Å². The van der Waals surface area contributed by atoms with Gasteiger partial charge in [-0.05, 0) is 31.0 Å². The Hall–Kier alpha value is -1.39. The topological polar surface area (TPSA) is 42.0 Å². The number of halogens is 1. The first-order chi connectivity index (χ1) is 8.69. The number of hydrogen-bond acceptors (Lipinski definition) is 3. The normalized spacial score (nSPS) is 10.3. The molecule has 1 N–H and O–H groups in total. The number of alkyl halides is 1. The van der Waals surface area contributed by atoms with Gasteiger partial charge in [0, 0.05) is 16.9 Å². The van der Waals surface area contributed by atoms with Crippen LogP contribution in [0.2, 0.25) is 0 Å². The summed E-state index contributed by atoms with van der Waals surface area (Å²) in [5.41, 5.74) is 2.39. The molecule has 0 spiro atoms. The Bertz CT molecular complexity index is 536. The molecule has 1 aromatic carbocycles. The van der Waals surface area contributed by atoms with E-state index in [0.717, 1.165) is 22.7 Å². The highest BCUT2D eigenvalue weighted by Crippen LogP contribution is 2.13. The van der Waals surface area contributed by atoms with Crippen LogP contribution in [0.1, 0.15) is 21.1 Å². The molecule has 1 amide bonds. The number of nitrogens with one attached hydrogen (secondary N) is 1. The molecule has 0 atom stereocenters. The Kier molecular flexibility index (Phi) is 4.33. The highest BCUT2D eigenvalue weighted by Gasteiger charge is 2.09. The van der Waals surface area contributed by atoms with E-state index in [-0.39, 0.29) is 5.91 Å². The molecule has 0 unspecified atom stereocenters. The van der Waals surface area contributed by atoms with Gasteiger partial charge in [-0.1, -0.05) is 12.1 Å². The van der Waals surface area contributed by atoms with Crippen LogP contribution in [0.5, 0.6) is 0 Å². The van der Waals surface area contributed by atoms with E-state index in [1.54, 1.807) is 5.38 Å². The number of thiazole rings is 1. The first-order valence-corrected chi connectivity index (χ1v) is 6.99. The molecule has 3 nitrogen and oxygen atoms in total. The first kappa shape index (κ1) is 13.1. The van der Waals surface area contributed by atoms with Crippen LogP contribution in [-0.2, 0) is 6.42 Å². The number of amides is 1. The van der Waals surface area contributed by atoms with Crippen LogP contribution in [-0.4, -0.2) is 16.8 Å². The van der Waals surface area contributed by atoms with Gasteiger partial charge in [-0.15, -0.1) is 22.9 Å². The smallest absolute Gasteiger partial charge is 0.275 e. The van der Waals surface area contributed by atoms with E-state index >= 15 is 0 Å². The lowest BCUT2D eigenvalue weighted by Gasteiger charge is -2.04. The van der Waals surface area contributed by atoms with Crippen molar-refractivity contribution in [3.63, 3.8) is 0 Å². The van der Waals surface area contributed by atoms with E-state index in [9.17, 15) is 4.79 Å². The quantitative estimate of drug-likeness (QED) is 0.871. The highest BCUT2D eigenvalue weighted by atomic mass is 35.5. The molecule has 5 heteroatoms. The number of hydrogen-bond donors (Lipinski definition) is 1. The second-order valence-electron chi connectivity index (χ2n) is 3.84. The second-order valence-corrected chi connectivity index (χ2v) is 5.28. The van der Waals surface area contributed by atoms with Crippen LogP contribution in [0.25, 0.3) is 0 Å². The maximum atomic E-state index is 11.8. The van der Waals surface area contributed by atoms with Gasteiger partial charge in [-0.25, -0.2) is 4.98 Å². The fourth-order valence-corrected chi connectivity index (χ4v) is 2.34. The minimum Gasteiger partial charge on any atom is -0.321 e. The Labute approximate surface area is 115 Å². The summed E-state index contributed by atoms with van der Waals surface area (Å²) in [5.74, 6) is 0.425. The standard InChI is InChI=1S/C13H13ClN2OS/c1-9-15-12(8-18-9)13(17)16-11-4-2-10(3-5-11)6-7-14/h2-5,8H,6-7H2,1H3,(H,16,17). The summed E-state index contributed by atoms with van der Waals surface area (Å²) in [6.45, 7) is 1.88. The molecule has 18 heavy (non-hydrogen) atoms. The van der Waals surface area contributed by atoms with Crippen LogP contribution in [0.3, 0.4) is 0 Å². The molecule has 94 valence electrons. The van der Waals surface area contributed by atoms with Crippen molar-refractivity contribution < 1.29 is 4.79 Å². The van der Waals surface area contributed by atoms with Crippen molar-refractivity contribution in [2.75, 3.05) is 11.2 Å². The van der Waals surface area contributed by atoms with Gasteiger partial charge >= 0.3 is 0 Å². The lowest BCUT2D eigenvalue weighted by atomic mass is 10.1. The second kappa shape index (κ2) is 5.98. The molecule has 0 saturated heterocycles. The minimum atomic E-state index is -0.176. The van der Waals surface area contributed by atoms with Gasteiger partial charge in [0.25, 0.3) is 5.91 Å². The molecule has 0 bridgehead atoms. The SMILES string of the molecule is Cc1nc(C(=O)Nc2ccc(CCCl)cc2)cs1.